The Kier molecular flexibility index (Phi) is 5.30. The highest BCUT2D eigenvalue weighted by Crippen LogP contribution is 2.26. The van der Waals surface area contributed by atoms with Crippen molar-refractivity contribution in [1.29, 1.82) is 0 Å². The lowest BCUT2D eigenvalue weighted by atomic mass is 9.87. The molecule has 0 atom stereocenters. The average Bonchev–Trinajstić information content (AvgIpc) is 3.03. The summed E-state index contributed by atoms with van der Waals surface area (Å²) in [6.07, 6.45) is 0. The van der Waals surface area contributed by atoms with Crippen LogP contribution in [0.2, 0.25) is 0 Å². The van der Waals surface area contributed by atoms with Gasteiger partial charge in [-0.25, -0.2) is 4.98 Å². The van der Waals surface area contributed by atoms with Crippen LogP contribution >= 0.6 is 34.4 Å². The number of hydrogen-bond donors (Lipinski definition) is 1. The molecule has 0 fully saturated rings. The molecule has 0 aliphatic carbocycles. The minimum absolute atomic E-state index is 0.161. The topological polar surface area (TPSA) is 41.6 Å². The smallest absolute Gasteiger partial charge is 0.209 e. The van der Waals surface area contributed by atoms with Crippen LogP contribution in [0.1, 0.15) is 31.9 Å². The van der Waals surface area contributed by atoms with Crippen molar-refractivity contribution in [2.45, 2.75) is 37.1 Å². The second-order valence-electron chi connectivity index (χ2n) is 6.71. The van der Waals surface area contributed by atoms with Crippen molar-refractivity contribution in [3.63, 3.8) is 0 Å². The number of aromatic nitrogens is 3. The Hall–Kier alpha value is -1.34. The lowest BCUT2D eigenvalue weighted by Crippen LogP contribution is -2.10. The predicted molar refractivity (Wildman–Crippen MR) is 109 cm³/mol. The van der Waals surface area contributed by atoms with Gasteiger partial charge in [0.25, 0.3) is 0 Å². The number of halogens is 1. The highest BCUT2D eigenvalue weighted by molar-refractivity contribution is 14.1. The third-order valence-electron chi connectivity index (χ3n) is 3.77. The maximum Gasteiger partial charge on any atom is 0.209 e. The Morgan fingerprint density at radius 3 is 2.29 bits per heavy atom. The summed E-state index contributed by atoms with van der Waals surface area (Å²) in [5, 5.41) is 8.15. The summed E-state index contributed by atoms with van der Waals surface area (Å²) in [6.45, 7) is 6.65. The molecule has 2 aromatic carbocycles. The molecule has 0 saturated heterocycles. The van der Waals surface area contributed by atoms with Gasteiger partial charge in [-0.1, -0.05) is 68.9 Å². The van der Waals surface area contributed by atoms with Crippen molar-refractivity contribution in [2.24, 2.45) is 0 Å². The molecule has 1 aromatic heterocycles. The SMILES string of the molecule is CC(C)(C)c1ccc(-c2nc(SCc3ccc(I)cc3)n[nH]2)cc1. The Labute approximate surface area is 160 Å². The van der Waals surface area contributed by atoms with E-state index in [-0.39, 0.29) is 5.41 Å². The van der Waals surface area contributed by atoms with E-state index in [9.17, 15) is 0 Å². The van der Waals surface area contributed by atoms with Gasteiger partial charge in [-0.05, 0) is 51.3 Å². The first-order valence-corrected chi connectivity index (χ1v) is 9.89. The van der Waals surface area contributed by atoms with Gasteiger partial charge in [0.15, 0.2) is 5.82 Å². The summed E-state index contributed by atoms with van der Waals surface area (Å²) in [7, 11) is 0. The van der Waals surface area contributed by atoms with Gasteiger partial charge < -0.3 is 0 Å². The first-order valence-electron chi connectivity index (χ1n) is 7.82. The van der Waals surface area contributed by atoms with Gasteiger partial charge in [0, 0.05) is 14.9 Å². The average molecular weight is 449 g/mol. The summed E-state index contributed by atoms with van der Waals surface area (Å²) < 4.78 is 1.25. The molecule has 0 aliphatic heterocycles. The Bertz CT molecular complexity index is 802. The zero-order valence-electron chi connectivity index (χ0n) is 14.0. The molecule has 0 radical (unpaired) electrons. The molecule has 3 aromatic rings. The number of nitrogens with one attached hydrogen (secondary N) is 1. The molecule has 0 saturated carbocycles. The predicted octanol–water partition coefficient (Wildman–Crippen LogP) is 5.67. The maximum absolute atomic E-state index is 4.60. The fourth-order valence-electron chi connectivity index (χ4n) is 2.30. The van der Waals surface area contributed by atoms with Crippen LogP contribution in [-0.2, 0) is 11.2 Å². The third-order valence-corrected chi connectivity index (χ3v) is 5.41. The van der Waals surface area contributed by atoms with Crippen molar-refractivity contribution in [3.05, 3.63) is 63.2 Å². The van der Waals surface area contributed by atoms with Crippen molar-refractivity contribution in [1.82, 2.24) is 15.2 Å². The monoisotopic (exact) mass is 449 g/mol. The molecule has 5 heteroatoms. The molecule has 0 bridgehead atoms. The fourth-order valence-corrected chi connectivity index (χ4v) is 3.41. The van der Waals surface area contributed by atoms with E-state index in [4.69, 9.17) is 0 Å². The van der Waals surface area contributed by atoms with Gasteiger partial charge in [-0.2, -0.15) is 0 Å². The minimum Gasteiger partial charge on any atom is -0.258 e. The fraction of sp³-hybridized carbons (Fsp3) is 0.263. The molecule has 124 valence electrons. The van der Waals surface area contributed by atoms with E-state index in [1.54, 1.807) is 11.8 Å². The van der Waals surface area contributed by atoms with E-state index in [1.165, 1.54) is 14.7 Å². The van der Waals surface area contributed by atoms with Gasteiger partial charge in [0.2, 0.25) is 5.16 Å². The van der Waals surface area contributed by atoms with Crippen LogP contribution in [0, 0.1) is 3.57 Å². The molecule has 0 aliphatic rings. The molecule has 24 heavy (non-hydrogen) atoms. The number of hydrogen-bond acceptors (Lipinski definition) is 3. The van der Waals surface area contributed by atoms with E-state index in [1.807, 2.05) is 0 Å². The number of aromatic amines is 1. The number of benzene rings is 2. The van der Waals surface area contributed by atoms with Crippen LogP contribution in [0.4, 0.5) is 0 Å². The molecule has 3 rings (SSSR count). The number of H-pyrrole nitrogens is 1. The summed E-state index contributed by atoms with van der Waals surface area (Å²) >= 11 is 3.96. The quantitative estimate of drug-likeness (QED) is 0.413. The highest BCUT2D eigenvalue weighted by Gasteiger charge is 2.14. The zero-order valence-corrected chi connectivity index (χ0v) is 17.0. The molecule has 0 amide bonds. The molecule has 0 spiro atoms. The summed E-state index contributed by atoms with van der Waals surface area (Å²) in [5.41, 5.74) is 3.83. The van der Waals surface area contributed by atoms with Crippen LogP contribution < -0.4 is 0 Å². The summed E-state index contributed by atoms with van der Waals surface area (Å²) in [4.78, 5) is 4.60. The summed E-state index contributed by atoms with van der Waals surface area (Å²) in [6, 6.07) is 17.1. The van der Waals surface area contributed by atoms with Crippen LogP contribution in [0.15, 0.2) is 53.7 Å². The lowest BCUT2D eigenvalue weighted by Gasteiger charge is -2.18. The molecule has 3 nitrogen and oxygen atoms in total. The van der Waals surface area contributed by atoms with E-state index in [2.05, 4.69) is 107 Å². The first-order chi connectivity index (χ1) is 11.4. The standard InChI is InChI=1S/C19H20IN3S/c1-19(2,3)15-8-6-14(7-9-15)17-21-18(23-22-17)24-12-13-4-10-16(20)11-5-13/h4-11H,12H2,1-3H3,(H,21,22,23). The second-order valence-corrected chi connectivity index (χ2v) is 8.90. The molecular weight excluding hydrogens is 429 g/mol. The van der Waals surface area contributed by atoms with E-state index >= 15 is 0 Å². The van der Waals surface area contributed by atoms with E-state index < -0.39 is 0 Å². The largest absolute Gasteiger partial charge is 0.258 e. The van der Waals surface area contributed by atoms with Gasteiger partial charge in [0.1, 0.15) is 0 Å². The Morgan fingerprint density at radius 1 is 1.00 bits per heavy atom. The lowest BCUT2D eigenvalue weighted by molar-refractivity contribution is 0.590. The number of thioether (sulfide) groups is 1. The van der Waals surface area contributed by atoms with Crippen LogP contribution in [0.25, 0.3) is 11.4 Å². The van der Waals surface area contributed by atoms with Crippen molar-refractivity contribution < 1.29 is 0 Å². The number of rotatable bonds is 4. The van der Waals surface area contributed by atoms with Gasteiger partial charge in [0.05, 0.1) is 0 Å². The normalized spacial score (nSPS) is 11.7. The first kappa shape index (κ1) is 17.5. The Morgan fingerprint density at radius 2 is 1.67 bits per heavy atom. The van der Waals surface area contributed by atoms with Crippen LogP contribution in [0.5, 0.6) is 0 Å². The minimum atomic E-state index is 0.161. The van der Waals surface area contributed by atoms with Crippen molar-refractivity contribution in [3.8, 4) is 11.4 Å². The van der Waals surface area contributed by atoms with Gasteiger partial charge in [-0.15, -0.1) is 5.10 Å². The van der Waals surface area contributed by atoms with E-state index in [0.717, 1.165) is 22.3 Å². The van der Waals surface area contributed by atoms with Crippen LogP contribution in [0.3, 0.4) is 0 Å². The van der Waals surface area contributed by atoms with Crippen LogP contribution in [-0.4, -0.2) is 15.2 Å². The highest BCUT2D eigenvalue weighted by atomic mass is 127. The van der Waals surface area contributed by atoms with E-state index in [0.29, 0.717) is 0 Å². The molecular formula is C19H20IN3S. The summed E-state index contributed by atoms with van der Waals surface area (Å²) in [5.74, 6) is 1.69. The van der Waals surface area contributed by atoms with Gasteiger partial charge in [-0.3, -0.25) is 5.10 Å². The zero-order chi connectivity index (χ0) is 17.2. The van der Waals surface area contributed by atoms with Crippen molar-refractivity contribution in [2.75, 3.05) is 0 Å². The third kappa shape index (κ3) is 4.39. The molecule has 1 N–H and O–H groups in total. The molecule has 0 unspecified atom stereocenters. The number of nitrogens with zero attached hydrogens (tertiary/aromatic N) is 2. The van der Waals surface area contributed by atoms with Gasteiger partial charge >= 0.3 is 0 Å². The second kappa shape index (κ2) is 7.27. The maximum atomic E-state index is 4.60. The van der Waals surface area contributed by atoms with Crippen molar-refractivity contribution >= 4 is 34.4 Å². The molecule has 1 heterocycles. The Balaban J connectivity index is 1.68.